The van der Waals surface area contributed by atoms with Crippen LogP contribution in [0.3, 0.4) is 0 Å². The van der Waals surface area contributed by atoms with Gasteiger partial charge in [0.1, 0.15) is 5.75 Å². The zero-order chi connectivity index (χ0) is 14.8. The number of benzene rings is 1. The second-order valence-corrected chi connectivity index (χ2v) is 4.79. The molecule has 0 fully saturated rings. The second kappa shape index (κ2) is 9.13. The smallest absolute Gasteiger partial charge is 0.311 e. The maximum absolute atomic E-state index is 11.6. The average Bonchev–Trinajstić information content (AvgIpc) is 2.43. The number of hydrogen-bond acceptors (Lipinski definition) is 3. The number of unbranched alkanes of at least 4 members (excludes halogenated alkanes) is 3. The molecule has 0 aliphatic rings. The Kier molecular flexibility index (Phi) is 7.40. The molecular weight excluding hydrogens is 256 g/mol. The fraction of sp³-hybridized carbons (Fsp3) is 0.500. The number of ether oxygens (including phenoxy) is 1. The van der Waals surface area contributed by atoms with Crippen molar-refractivity contribution in [2.24, 2.45) is 0 Å². The number of carboxylic acids is 1. The number of esters is 1. The summed E-state index contributed by atoms with van der Waals surface area (Å²) in [7, 11) is 0. The molecular formula is C16H22O4. The molecule has 0 heterocycles. The first-order valence-corrected chi connectivity index (χ1v) is 7.14. The van der Waals surface area contributed by atoms with Gasteiger partial charge >= 0.3 is 11.9 Å². The fourth-order valence-electron chi connectivity index (χ4n) is 1.93. The first kappa shape index (κ1) is 16.2. The lowest BCUT2D eigenvalue weighted by molar-refractivity contribution is -0.142. The van der Waals surface area contributed by atoms with E-state index in [4.69, 9.17) is 9.84 Å². The fourth-order valence-corrected chi connectivity index (χ4v) is 1.93. The van der Waals surface area contributed by atoms with Crippen LogP contribution in [0.1, 0.15) is 51.0 Å². The Morgan fingerprint density at radius 1 is 1.10 bits per heavy atom. The maximum Gasteiger partial charge on any atom is 0.311 e. The third-order valence-electron chi connectivity index (χ3n) is 3.04. The van der Waals surface area contributed by atoms with Crippen LogP contribution < -0.4 is 4.74 Å². The van der Waals surface area contributed by atoms with Gasteiger partial charge in [0, 0.05) is 0 Å². The summed E-state index contributed by atoms with van der Waals surface area (Å²) in [4.78, 5) is 22.0. The molecule has 1 aromatic rings. The highest BCUT2D eigenvalue weighted by Crippen LogP contribution is 2.21. The third kappa shape index (κ3) is 6.36. The molecule has 1 rings (SSSR count). The molecule has 0 bridgehead atoms. The number of carbonyl (C=O) groups excluding carboxylic acids is 1. The van der Waals surface area contributed by atoms with Crippen LogP contribution in [0.5, 0.6) is 5.75 Å². The van der Waals surface area contributed by atoms with E-state index >= 15 is 0 Å². The van der Waals surface area contributed by atoms with E-state index in [9.17, 15) is 9.59 Å². The van der Waals surface area contributed by atoms with E-state index in [1.807, 2.05) is 18.2 Å². The van der Waals surface area contributed by atoms with Gasteiger partial charge in [-0.3, -0.25) is 9.59 Å². The van der Waals surface area contributed by atoms with Gasteiger partial charge in [-0.25, -0.2) is 0 Å². The van der Waals surface area contributed by atoms with Crippen LogP contribution in [0.25, 0.3) is 0 Å². The predicted octanol–water partition coefficient (Wildman–Crippen LogP) is 3.58. The largest absolute Gasteiger partial charge is 0.481 e. The minimum absolute atomic E-state index is 0.0977. The van der Waals surface area contributed by atoms with Gasteiger partial charge in [0.15, 0.2) is 0 Å². The van der Waals surface area contributed by atoms with E-state index in [1.54, 1.807) is 6.07 Å². The van der Waals surface area contributed by atoms with Gasteiger partial charge < -0.3 is 9.84 Å². The van der Waals surface area contributed by atoms with Crippen molar-refractivity contribution in [1.82, 2.24) is 0 Å². The van der Waals surface area contributed by atoms with Gasteiger partial charge in [-0.1, -0.05) is 44.4 Å². The molecule has 0 spiro atoms. The quantitative estimate of drug-likeness (QED) is 0.426. The van der Waals surface area contributed by atoms with E-state index in [0.717, 1.165) is 24.8 Å². The lowest BCUT2D eigenvalue weighted by Gasteiger charge is -2.09. The highest BCUT2D eigenvalue weighted by molar-refractivity contribution is 5.78. The monoisotopic (exact) mass is 278 g/mol. The Labute approximate surface area is 119 Å². The van der Waals surface area contributed by atoms with Crippen molar-refractivity contribution in [2.45, 2.75) is 51.9 Å². The Bertz CT molecular complexity index is 440. The molecule has 0 atom stereocenters. The van der Waals surface area contributed by atoms with Crippen molar-refractivity contribution in [2.75, 3.05) is 0 Å². The van der Waals surface area contributed by atoms with Gasteiger partial charge in [0.25, 0.3) is 0 Å². The van der Waals surface area contributed by atoms with Crippen LogP contribution in [-0.2, 0) is 16.0 Å². The Morgan fingerprint density at radius 3 is 2.55 bits per heavy atom. The molecule has 20 heavy (non-hydrogen) atoms. The summed E-state index contributed by atoms with van der Waals surface area (Å²) >= 11 is 0. The first-order valence-electron chi connectivity index (χ1n) is 7.14. The number of carboxylic acid groups (broad SMARTS) is 1. The number of aliphatic carboxylic acids is 1. The summed E-state index contributed by atoms with van der Waals surface area (Å²) in [5.74, 6) is -0.928. The second-order valence-electron chi connectivity index (χ2n) is 4.79. The van der Waals surface area contributed by atoms with Crippen molar-refractivity contribution < 1.29 is 19.4 Å². The van der Waals surface area contributed by atoms with Crippen molar-refractivity contribution in [3.05, 3.63) is 29.8 Å². The molecule has 0 amide bonds. The van der Waals surface area contributed by atoms with Gasteiger partial charge in [-0.05, 0) is 24.5 Å². The molecule has 4 nitrogen and oxygen atoms in total. The molecule has 0 saturated carbocycles. The first-order chi connectivity index (χ1) is 9.63. The molecule has 4 heteroatoms. The summed E-state index contributed by atoms with van der Waals surface area (Å²) in [6.07, 6.45) is 5.21. The van der Waals surface area contributed by atoms with E-state index in [2.05, 4.69) is 6.92 Å². The number of hydrogen-bond donors (Lipinski definition) is 1. The Balaban J connectivity index is 2.51. The van der Waals surface area contributed by atoms with Gasteiger partial charge in [0.2, 0.25) is 0 Å². The molecule has 1 aromatic carbocycles. The zero-order valence-electron chi connectivity index (χ0n) is 11.9. The van der Waals surface area contributed by atoms with Crippen LogP contribution in [-0.4, -0.2) is 17.0 Å². The van der Waals surface area contributed by atoms with Crippen LogP contribution in [0.4, 0.5) is 0 Å². The lowest BCUT2D eigenvalue weighted by Crippen LogP contribution is -2.11. The Morgan fingerprint density at radius 2 is 1.85 bits per heavy atom. The van der Waals surface area contributed by atoms with E-state index in [1.165, 1.54) is 12.8 Å². The summed E-state index contributed by atoms with van der Waals surface area (Å²) in [5.41, 5.74) is 1.01. The maximum atomic E-state index is 11.6. The number of rotatable bonds is 9. The summed E-state index contributed by atoms with van der Waals surface area (Å²) in [5, 5.41) is 8.54. The number of aryl methyl sites for hydroxylation is 1. The minimum Gasteiger partial charge on any atom is -0.481 e. The van der Waals surface area contributed by atoms with Crippen LogP contribution in [0.2, 0.25) is 0 Å². The van der Waals surface area contributed by atoms with Crippen molar-refractivity contribution >= 4 is 11.9 Å². The average molecular weight is 278 g/mol. The lowest BCUT2D eigenvalue weighted by atomic mass is 10.1. The zero-order valence-corrected chi connectivity index (χ0v) is 11.9. The number of para-hydroxylation sites is 1. The topological polar surface area (TPSA) is 63.6 Å². The van der Waals surface area contributed by atoms with Gasteiger partial charge in [-0.2, -0.15) is 0 Å². The predicted molar refractivity (Wildman–Crippen MR) is 76.8 cm³/mol. The molecule has 0 unspecified atom stereocenters. The standard InChI is InChI=1S/C16H22O4/c1-2-3-4-5-8-13-9-6-7-10-14(13)20-16(19)12-11-15(17)18/h6-7,9-10H,2-5,8,11-12H2,1H3,(H,17,18). The molecule has 0 aliphatic heterocycles. The molecule has 0 radical (unpaired) electrons. The van der Waals surface area contributed by atoms with Crippen LogP contribution >= 0.6 is 0 Å². The minimum atomic E-state index is -0.991. The number of carbonyl (C=O) groups is 2. The van der Waals surface area contributed by atoms with Gasteiger partial charge in [0.05, 0.1) is 12.8 Å². The van der Waals surface area contributed by atoms with Crippen molar-refractivity contribution in [3.63, 3.8) is 0 Å². The molecule has 0 saturated heterocycles. The highest BCUT2D eigenvalue weighted by atomic mass is 16.5. The summed E-state index contributed by atoms with van der Waals surface area (Å²) in [6.45, 7) is 2.16. The van der Waals surface area contributed by atoms with Crippen LogP contribution in [0, 0.1) is 0 Å². The van der Waals surface area contributed by atoms with Crippen molar-refractivity contribution in [1.29, 1.82) is 0 Å². The van der Waals surface area contributed by atoms with Gasteiger partial charge in [-0.15, -0.1) is 0 Å². The molecule has 0 aromatic heterocycles. The Hall–Kier alpha value is -1.84. The van der Waals surface area contributed by atoms with E-state index < -0.39 is 11.9 Å². The third-order valence-corrected chi connectivity index (χ3v) is 3.04. The van der Waals surface area contributed by atoms with E-state index in [0.29, 0.717) is 5.75 Å². The van der Waals surface area contributed by atoms with E-state index in [-0.39, 0.29) is 12.8 Å². The summed E-state index contributed by atoms with van der Waals surface area (Å²) in [6, 6.07) is 7.44. The molecule has 110 valence electrons. The normalized spacial score (nSPS) is 10.2. The van der Waals surface area contributed by atoms with Crippen LogP contribution in [0.15, 0.2) is 24.3 Å². The molecule has 0 aliphatic carbocycles. The molecule has 1 N–H and O–H groups in total. The summed E-state index contributed by atoms with van der Waals surface area (Å²) < 4.78 is 5.25. The SMILES string of the molecule is CCCCCCc1ccccc1OC(=O)CCC(=O)O. The highest BCUT2D eigenvalue weighted by Gasteiger charge is 2.10. The van der Waals surface area contributed by atoms with Crippen molar-refractivity contribution in [3.8, 4) is 5.75 Å².